The van der Waals surface area contributed by atoms with Crippen LogP contribution in [0.5, 0.6) is 0 Å². The molecule has 2 nitrogen and oxygen atoms in total. The van der Waals surface area contributed by atoms with Gasteiger partial charge in [-0.2, -0.15) is 5.26 Å². The lowest BCUT2D eigenvalue weighted by Gasteiger charge is -1.98. The van der Waals surface area contributed by atoms with Gasteiger partial charge in [-0.3, -0.25) is 4.98 Å². The van der Waals surface area contributed by atoms with Gasteiger partial charge in [0.1, 0.15) is 6.07 Å². The van der Waals surface area contributed by atoms with E-state index in [0.29, 0.717) is 10.6 Å². The van der Waals surface area contributed by atoms with Crippen LogP contribution in [0.4, 0.5) is 0 Å². The van der Waals surface area contributed by atoms with Gasteiger partial charge < -0.3 is 0 Å². The first-order valence-corrected chi connectivity index (χ1v) is 4.13. The zero-order chi connectivity index (χ0) is 9.26. The molecule has 0 saturated carbocycles. The molecule has 1 heterocycles. The Hall–Kier alpha value is -1.59. The topological polar surface area (TPSA) is 36.7 Å². The van der Waals surface area contributed by atoms with Gasteiger partial charge in [-0.25, -0.2) is 0 Å². The van der Waals surface area contributed by atoms with E-state index in [2.05, 4.69) is 4.98 Å². The van der Waals surface area contributed by atoms with Gasteiger partial charge in [0.2, 0.25) is 0 Å². The SMILES string of the molecule is N#Cc1cnc2cccc(Cl)c2c1. The van der Waals surface area contributed by atoms with Crippen LogP contribution in [-0.2, 0) is 0 Å². The molecule has 0 atom stereocenters. The summed E-state index contributed by atoms with van der Waals surface area (Å²) in [5.41, 5.74) is 1.34. The second kappa shape index (κ2) is 3.04. The van der Waals surface area contributed by atoms with E-state index in [9.17, 15) is 0 Å². The average molecular weight is 189 g/mol. The van der Waals surface area contributed by atoms with Gasteiger partial charge in [0.25, 0.3) is 0 Å². The number of rotatable bonds is 0. The number of benzene rings is 1. The summed E-state index contributed by atoms with van der Waals surface area (Å²) in [6.07, 6.45) is 1.54. The maximum Gasteiger partial charge on any atom is 0.101 e. The van der Waals surface area contributed by atoms with E-state index in [0.717, 1.165) is 10.9 Å². The summed E-state index contributed by atoms with van der Waals surface area (Å²) in [5, 5.41) is 10.1. The Morgan fingerprint density at radius 2 is 2.23 bits per heavy atom. The van der Waals surface area contributed by atoms with Crippen molar-refractivity contribution in [1.29, 1.82) is 5.26 Å². The number of aromatic nitrogens is 1. The third kappa shape index (κ3) is 1.34. The van der Waals surface area contributed by atoms with Crippen molar-refractivity contribution in [2.75, 3.05) is 0 Å². The molecule has 0 aliphatic rings. The molecule has 3 heteroatoms. The van der Waals surface area contributed by atoms with E-state index in [1.807, 2.05) is 18.2 Å². The molecule has 0 saturated heterocycles. The van der Waals surface area contributed by atoms with Gasteiger partial charge in [0.15, 0.2) is 0 Å². The van der Waals surface area contributed by atoms with Crippen LogP contribution in [0.3, 0.4) is 0 Å². The Labute approximate surface area is 80.4 Å². The third-order valence-electron chi connectivity index (χ3n) is 1.80. The summed E-state index contributed by atoms with van der Waals surface area (Å²) in [6, 6.07) is 9.25. The van der Waals surface area contributed by atoms with Crippen molar-refractivity contribution in [2.45, 2.75) is 0 Å². The molecule has 0 bridgehead atoms. The predicted molar refractivity (Wildman–Crippen MR) is 51.5 cm³/mol. The number of pyridine rings is 1. The smallest absolute Gasteiger partial charge is 0.101 e. The quantitative estimate of drug-likeness (QED) is 0.638. The second-order valence-electron chi connectivity index (χ2n) is 2.64. The van der Waals surface area contributed by atoms with E-state index < -0.39 is 0 Å². The van der Waals surface area contributed by atoms with Gasteiger partial charge >= 0.3 is 0 Å². The number of hydrogen-bond acceptors (Lipinski definition) is 2. The monoisotopic (exact) mass is 188 g/mol. The third-order valence-corrected chi connectivity index (χ3v) is 2.13. The lowest BCUT2D eigenvalue weighted by molar-refractivity contribution is 1.37. The zero-order valence-electron chi connectivity index (χ0n) is 6.66. The highest BCUT2D eigenvalue weighted by Crippen LogP contribution is 2.21. The minimum atomic E-state index is 0.528. The molecule has 0 aliphatic heterocycles. The second-order valence-corrected chi connectivity index (χ2v) is 3.05. The van der Waals surface area contributed by atoms with Gasteiger partial charge in [-0.1, -0.05) is 17.7 Å². The summed E-state index contributed by atoms with van der Waals surface area (Å²) in [4.78, 5) is 4.11. The van der Waals surface area contributed by atoms with Crippen molar-refractivity contribution in [3.63, 3.8) is 0 Å². The highest BCUT2D eigenvalue weighted by molar-refractivity contribution is 6.35. The summed E-state index contributed by atoms with van der Waals surface area (Å²) < 4.78 is 0. The minimum Gasteiger partial charge on any atom is -0.255 e. The first kappa shape index (κ1) is 8.03. The zero-order valence-corrected chi connectivity index (χ0v) is 7.42. The van der Waals surface area contributed by atoms with E-state index in [-0.39, 0.29) is 0 Å². The first-order valence-electron chi connectivity index (χ1n) is 3.75. The molecule has 62 valence electrons. The highest BCUT2D eigenvalue weighted by Gasteiger charge is 2.00. The lowest BCUT2D eigenvalue weighted by Crippen LogP contribution is -1.81. The number of fused-ring (bicyclic) bond motifs is 1. The van der Waals surface area contributed by atoms with Crippen LogP contribution in [0.1, 0.15) is 5.56 Å². The van der Waals surface area contributed by atoms with E-state index in [1.165, 1.54) is 0 Å². The molecule has 0 amide bonds. The number of halogens is 1. The molecule has 0 fully saturated rings. The van der Waals surface area contributed by atoms with Crippen LogP contribution in [-0.4, -0.2) is 4.98 Å². The van der Waals surface area contributed by atoms with Crippen molar-refractivity contribution in [1.82, 2.24) is 4.98 Å². The Morgan fingerprint density at radius 3 is 3.00 bits per heavy atom. The average Bonchev–Trinajstić information content (AvgIpc) is 2.18. The van der Waals surface area contributed by atoms with Crippen molar-refractivity contribution in [3.05, 3.63) is 41.0 Å². The van der Waals surface area contributed by atoms with Gasteiger partial charge in [-0.05, 0) is 18.2 Å². The first-order chi connectivity index (χ1) is 6.31. The van der Waals surface area contributed by atoms with E-state index in [4.69, 9.17) is 16.9 Å². The van der Waals surface area contributed by atoms with Crippen molar-refractivity contribution >= 4 is 22.5 Å². The van der Waals surface area contributed by atoms with Gasteiger partial charge in [-0.15, -0.1) is 0 Å². The van der Waals surface area contributed by atoms with E-state index in [1.54, 1.807) is 18.3 Å². The molecule has 0 N–H and O–H groups in total. The van der Waals surface area contributed by atoms with Crippen LogP contribution in [0, 0.1) is 11.3 Å². The van der Waals surface area contributed by atoms with E-state index >= 15 is 0 Å². The molecule has 1 aromatic heterocycles. The number of nitrogens with zero attached hydrogens (tertiary/aromatic N) is 2. The van der Waals surface area contributed by atoms with Crippen LogP contribution in [0.15, 0.2) is 30.5 Å². The summed E-state index contributed by atoms with van der Waals surface area (Å²) in [6.45, 7) is 0. The molecular weight excluding hydrogens is 184 g/mol. The number of hydrogen-bond donors (Lipinski definition) is 0. The molecule has 0 spiro atoms. The predicted octanol–water partition coefficient (Wildman–Crippen LogP) is 2.76. The largest absolute Gasteiger partial charge is 0.255 e. The van der Waals surface area contributed by atoms with Crippen molar-refractivity contribution < 1.29 is 0 Å². The van der Waals surface area contributed by atoms with Crippen LogP contribution < -0.4 is 0 Å². The molecular formula is C10H5ClN2. The maximum atomic E-state index is 8.65. The van der Waals surface area contributed by atoms with Gasteiger partial charge in [0, 0.05) is 11.6 Å². The Morgan fingerprint density at radius 1 is 1.38 bits per heavy atom. The molecule has 1 aromatic carbocycles. The Kier molecular flexibility index (Phi) is 1.88. The van der Waals surface area contributed by atoms with Crippen LogP contribution in [0.25, 0.3) is 10.9 Å². The highest BCUT2D eigenvalue weighted by atomic mass is 35.5. The molecule has 0 radical (unpaired) electrons. The Balaban J connectivity index is 2.84. The minimum absolute atomic E-state index is 0.528. The molecule has 2 rings (SSSR count). The molecule has 0 aliphatic carbocycles. The van der Waals surface area contributed by atoms with Crippen LogP contribution >= 0.6 is 11.6 Å². The number of nitriles is 1. The summed E-state index contributed by atoms with van der Waals surface area (Å²) >= 11 is 5.94. The molecule has 0 unspecified atom stereocenters. The summed E-state index contributed by atoms with van der Waals surface area (Å²) in [7, 11) is 0. The van der Waals surface area contributed by atoms with Crippen molar-refractivity contribution in [3.8, 4) is 6.07 Å². The van der Waals surface area contributed by atoms with Crippen molar-refractivity contribution in [2.24, 2.45) is 0 Å². The fourth-order valence-corrected chi connectivity index (χ4v) is 1.40. The van der Waals surface area contributed by atoms with Gasteiger partial charge in [0.05, 0.1) is 16.1 Å². The Bertz CT molecular complexity index is 500. The fourth-order valence-electron chi connectivity index (χ4n) is 1.17. The summed E-state index contributed by atoms with van der Waals surface area (Å²) in [5.74, 6) is 0. The fraction of sp³-hybridized carbons (Fsp3) is 0. The normalized spacial score (nSPS) is 9.85. The van der Waals surface area contributed by atoms with Crippen LogP contribution in [0.2, 0.25) is 5.02 Å². The molecule has 2 aromatic rings. The molecule has 13 heavy (non-hydrogen) atoms. The lowest BCUT2D eigenvalue weighted by atomic mass is 10.2. The maximum absolute atomic E-state index is 8.65. The standard InChI is InChI=1S/C10H5ClN2/c11-9-2-1-3-10-8(9)4-7(5-12)6-13-10/h1-4,6H.